The molecule has 0 heterocycles. The lowest BCUT2D eigenvalue weighted by atomic mass is 10.0. The van der Waals surface area contributed by atoms with Crippen molar-refractivity contribution in [2.75, 3.05) is 0 Å². The van der Waals surface area contributed by atoms with E-state index < -0.39 is 53.2 Å². The van der Waals surface area contributed by atoms with Crippen molar-refractivity contribution in [1.29, 1.82) is 0 Å². The Morgan fingerprint density at radius 1 is 0.909 bits per heavy atom. The number of hydrogen-bond acceptors (Lipinski definition) is 5. The molecule has 0 fully saturated rings. The lowest BCUT2D eigenvalue weighted by Crippen LogP contribution is -2.55. The number of alkyl halides is 3. The molecule has 2 amide bonds. The van der Waals surface area contributed by atoms with Gasteiger partial charge in [0.1, 0.15) is 17.9 Å². The summed E-state index contributed by atoms with van der Waals surface area (Å²) in [6, 6.07) is 5.74. The Kier molecular flexibility index (Phi) is 8.05. The van der Waals surface area contributed by atoms with Gasteiger partial charge in [-0.2, -0.15) is 13.2 Å². The molecule has 9 nitrogen and oxygen atoms in total. The summed E-state index contributed by atoms with van der Waals surface area (Å²) in [6.07, 6.45) is -6.12. The largest absolute Gasteiger partial charge is 0.480 e. The smallest absolute Gasteiger partial charge is 0.471 e. The summed E-state index contributed by atoms with van der Waals surface area (Å²) in [4.78, 5) is 45.6. The first-order valence-electron chi connectivity index (χ1n) is 9.25. The molecule has 2 aromatic rings. The molecule has 0 aliphatic rings. The van der Waals surface area contributed by atoms with E-state index in [0.717, 1.165) is 24.3 Å². The molecule has 2 aromatic carbocycles. The molecule has 0 bridgehead atoms. The van der Waals surface area contributed by atoms with Crippen LogP contribution in [-0.2, 0) is 27.2 Å². The number of carboxylic acids is 1. The normalized spacial score (nSPS) is 13.0. The predicted octanol–water partition coefficient (Wildman–Crippen LogP) is 2.14. The molecule has 0 unspecified atom stereocenters. The molecule has 0 saturated heterocycles. The number of carbonyl (C=O) groups is 3. The highest BCUT2D eigenvalue weighted by atomic mass is 19.4. The number of non-ortho nitro benzene ring substituents is 1. The average Bonchev–Trinajstić information content (AvgIpc) is 2.73. The highest BCUT2D eigenvalue weighted by Gasteiger charge is 2.41. The second-order valence-corrected chi connectivity index (χ2v) is 6.88. The number of hydrogen-bond donors (Lipinski definition) is 3. The van der Waals surface area contributed by atoms with Gasteiger partial charge < -0.3 is 15.7 Å². The van der Waals surface area contributed by atoms with Crippen molar-refractivity contribution in [3.8, 4) is 0 Å². The Morgan fingerprint density at radius 3 is 1.85 bits per heavy atom. The fourth-order valence-corrected chi connectivity index (χ4v) is 2.77. The van der Waals surface area contributed by atoms with Gasteiger partial charge in [0.2, 0.25) is 5.91 Å². The van der Waals surface area contributed by atoms with E-state index in [-0.39, 0.29) is 17.7 Å². The van der Waals surface area contributed by atoms with Gasteiger partial charge in [0.15, 0.2) is 0 Å². The minimum Gasteiger partial charge on any atom is -0.480 e. The quantitative estimate of drug-likeness (QED) is 0.291. The summed E-state index contributed by atoms with van der Waals surface area (Å²) in [6.45, 7) is 0. The van der Waals surface area contributed by atoms with Gasteiger partial charge in [-0.15, -0.1) is 0 Å². The number of carbonyl (C=O) groups excluding carboxylic acids is 2. The number of halogens is 4. The van der Waals surface area contributed by atoms with Gasteiger partial charge in [-0.25, -0.2) is 9.18 Å². The second kappa shape index (κ2) is 10.5. The number of amides is 2. The first-order valence-corrected chi connectivity index (χ1v) is 9.25. The van der Waals surface area contributed by atoms with Crippen molar-refractivity contribution < 1.29 is 42.0 Å². The molecule has 0 radical (unpaired) electrons. The van der Waals surface area contributed by atoms with Gasteiger partial charge in [-0.05, 0) is 23.3 Å². The van der Waals surface area contributed by atoms with E-state index >= 15 is 0 Å². The minimum atomic E-state index is -5.31. The third-order valence-corrected chi connectivity index (χ3v) is 4.43. The monoisotopic (exact) mass is 471 g/mol. The molecule has 3 N–H and O–H groups in total. The van der Waals surface area contributed by atoms with Gasteiger partial charge in [0.05, 0.1) is 4.92 Å². The van der Waals surface area contributed by atoms with Gasteiger partial charge in [-0.3, -0.25) is 19.7 Å². The Balaban J connectivity index is 2.22. The first kappa shape index (κ1) is 25.2. The molecule has 33 heavy (non-hydrogen) atoms. The lowest BCUT2D eigenvalue weighted by molar-refractivity contribution is -0.384. The van der Waals surface area contributed by atoms with E-state index in [1.54, 1.807) is 0 Å². The molecule has 0 aliphatic heterocycles. The van der Waals surface area contributed by atoms with E-state index in [9.17, 15) is 47.2 Å². The van der Waals surface area contributed by atoms with Crippen LogP contribution in [0.4, 0.5) is 23.2 Å². The zero-order chi connectivity index (χ0) is 24.8. The maximum atomic E-state index is 13.0. The number of nitro groups is 1. The Bertz CT molecular complexity index is 1030. The van der Waals surface area contributed by atoms with Crippen molar-refractivity contribution >= 4 is 23.5 Å². The topological polar surface area (TPSA) is 139 Å². The molecule has 2 rings (SSSR count). The number of carboxylic acid groups (broad SMARTS) is 1. The van der Waals surface area contributed by atoms with Crippen LogP contribution in [0.5, 0.6) is 0 Å². The summed E-state index contributed by atoms with van der Waals surface area (Å²) < 4.78 is 51.2. The molecule has 2 atom stereocenters. The second-order valence-electron chi connectivity index (χ2n) is 6.88. The van der Waals surface area contributed by atoms with Crippen LogP contribution in [0.25, 0.3) is 0 Å². The molecule has 176 valence electrons. The zero-order valence-electron chi connectivity index (χ0n) is 16.6. The fourth-order valence-electron chi connectivity index (χ4n) is 2.77. The van der Waals surface area contributed by atoms with E-state index in [1.807, 2.05) is 0 Å². The SMILES string of the molecule is O=C(O)[C@H](Cc1ccc(F)cc1)NC(=O)[C@H](Cc1ccc([N+](=O)[O-])cc1)NC(=O)C(F)(F)F. The van der Waals surface area contributed by atoms with E-state index in [4.69, 9.17) is 0 Å². The lowest BCUT2D eigenvalue weighted by Gasteiger charge is -2.22. The van der Waals surface area contributed by atoms with E-state index in [2.05, 4.69) is 5.32 Å². The molecule has 0 spiro atoms. The Hall–Kier alpha value is -4.03. The first-order chi connectivity index (χ1) is 15.4. The van der Waals surface area contributed by atoms with Crippen molar-refractivity contribution in [3.63, 3.8) is 0 Å². The molecular formula is C20H17F4N3O6. The van der Waals surface area contributed by atoms with Crippen LogP contribution in [0.2, 0.25) is 0 Å². The molecular weight excluding hydrogens is 454 g/mol. The third-order valence-electron chi connectivity index (χ3n) is 4.43. The predicted molar refractivity (Wildman–Crippen MR) is 104 cm³/mol. The minimum absolute atomic E-state index is 0.175. The molecule has 0 saturated carbocycles. The zero-order valence-corrected chi connectivity index (χ0v) is 16.6. The number of nitro benzene ring substituents is 1. The van der Waals surface area contributed by atoms with Gasteiger partial charge in [-0.1, -0.05) is 24.3 Å². The number of rotatable bonds is 9. The van der Waals surface area contributed by atoms with E-state index in [0.29, 0.717) is 5.56 Å². The van der Waals surface area contributed by atoms with Crippen molar-refractivity contribution in [2.24, 2.45) is 0 Å². The molecule has 0 aromatic heterocycles. The Morgan fingerprint density at radius 2 is 1.39 bits per heavy atom. The number of aliphatic carboxylic acids is 1. The summed E-state index contributed by atoms with van der Waals surface area (Å²) in [5.41, 5.74) is 0.202. The highest BCUT2D eigenvalue weighted by Crippen LogP contribution is 2.17. The highest BCUT2D eigenvalue weighted by molar-refractivity contribution is 5.92. The summed E-state index contributed by atoms with van der Waals surface area (Å²) in [7, 11) is 0. The average molecular weight is 471 g/mol. The third kappa shape index (κ3) is 7.55. The number of nitrogens with zero attached hydrogens (tertiary/aromatic N) is 1. The van der Waals surface area contributed by atoms with Crippen LogP contribution in [0.1, 0.15) is 11.1 Å². The van der Waals surface area contributed by atoms with Crippen LogP contribution in [-0.4, -0.2) is 46.1 Å². The maximum Gasteiger partial charge on any atom is 0.471 e. The van der Waals surface area contributed by atoms with Gasteiger partial charge >= 0.3 is 18.1 Å². The van der Waals surface area contributed by atoms with E-state index in [1.165, 1.54) is 29.6 Å². The van der Waals surface area contributed by atoms with Crippen LogP contribution in [0.3, 0.4) is 0 Å². The number of benzene rings is 2. The maximum absolute atomic E-state index is 13.0. The fraction of sp³-hybridized carbons (Fsp3) is 0.250. The van der Waals surface area contributed by atoms with Crippen LogP contribution in [0.15, 0.2) is 48.5 Å². The Labute approximate surface area is 183 Å². The summed E-state index contributed by atoms with van der Waals surface area (Å²) in [5, 5.41) is 23.7. The van der Waals surface area contributed by atoms with Crippen molar-refractivity contribution in [2.45, 2.75) is 31.1 Å². The number of nitrogens with one attached hydrogen (secondary N) is 2. The summed E-state index contributed by atoms with van der Waals surface area (Å²) >= 11 is 0. The standard InChI is InChI=1S/C20H17F4N3O6/c21-13-5-1-11(2-6-13)10-16(18(29)30)25-17(28)15(26-19(31)20(22,23)24)9-12-3-7-14(8-4-12)27(32)33/h1-8,15-16H,9-10H2,(H,25,28)(H,26,31)(H,29,30)/t15-,16-/m0/s1. The van der Waals surface area contributed by atoms with Crippen LogP contribution < -0.4 is 10.6 Å². The van der Waals surface area contributed by atoms with Gasteiger partial charge in [0.25, 0.3) is 5.69 Å². The van der Waals surface area contributed by atoms with Crippen LogP contribution >= 0.6 is 0 Å². The molecule has 0 aliphatic carbocycles. The summed E-state index contributed by atoms with van der Waals surface area (Å²) in [5.74, 6) is -5.73. The van der Waals surface area contributed by atoms with Crippen molar-refractivity contribution in [3.05, 3.63) is 75.6 Å². The van der Waals surface area contributed by atoms with Gasteiger partial charge in [0, 0.05) is 25.0 Å². The molecule has 13 heteroatoms. The van der Waals surface area contributed by atoms with Crippen LogP contribution in [0, 0.1) is 15.9 Å². The van der Waals surface area contributed by atoms with Crippen molar-refractivity contribution in [1.82, 2.24) is 10.6 Å².